The van der Waals surface area contributed by atoms with Crippen molar-refractivity contribution in [3.63, 3.8) is 0 Å². The van der Waals surface area contributed by atoms with Crippen molar-refractivity contribution in [1.82, 2.24) is 5.32 Å². The minimum absolute atomic E-state index is 0.337. The smallest absolute Gasteiger partial charge is 0.407 e. The van der Waals surface area contributed by atoms with Gasteiger partial charge in [-0.15, -0.1) is 0 Å². The fourth-order valence-electron chi connectivity index (χ4n) is 0.956. The Hall–Kier alpha value is -0.730. The summed E-state index contributed by atoms with van der Waals surface area (Å²) < 4.78 is 5.14. The van der Waals surface area contributed by atoms with Gasteiger partial charge in [0.1, 0.15) is 5.60 Å². The summed E-state index contributed by atoms with van der Waals surface area (Å²) in [6.45, 7) is 5.98. The zero-order valence-electron chi connectivity index (χ0n) is 8.44. The number of alkyl carbamates (subject to hydrolysis) is 1. The van der Waals surface area contributed by atoms with Crippen LogP contribution in [0.25, 0.3) is 0 Å². The second-order valence-electron chi connectivity index (χ2n) is 3.50. The number of nitrogens with one attached hydrogen (secondary N) is 1. The summed E-state index contributed by atoms with van der Waals surface area (Å²) in [5.41, 5.74) is -0.337. The van der Waals surface area contributed by atoms with Gasteiger partial charge in [-0.05, 0) is 26.7 Å². The van der Waals surface area contributed by atoms with E-state index in [4.69, 9.17) is 4.74 Å². The van der Waals surface area contributed by atoms with E-state index in [1.807, 2.05) is 13.8 Å². The fourth-order valence-corrected chi connectivity index (χ4v) is 0.956. The van der Waals surface area contributed by atoms with Crippen LogP contribution in [0, 0.1) is 0 Å². The molecule has 0 atom stereocenters. The van der Waals surface area contributed by atoms with E-state index in [0.29, 0.717) is 0 Å². The Labute approximate surface area is 74.5 Å². The summed E-state index contributed by atoms with van der Waals surface area (Å²) in [7, 11) is 1.57. The van der Waals surface area contributed by atoms with Gasteiger partial charge in [0.2, 0.25) is 0 Å². The molecule has 72 valence electrons. The van der Waals surface area contributed by atoms with Crippen molar-refractivity contribution in [1.29, 1.82) is 0 Å². The Morgan fingerprint density at radius 2 is 2.08 bits per heavy atom. The predicted octanol–water partition coefficient (Wildman–Crippen LogP) is 2.31. The fraction of sp³-hybridized carbons (Fsp3) is 0.889. The van der Waals surface area contributed by atoms with Crippen molar-refractivity contribution in [2.75, 3.05) is 7.05 Å². The predicted molar refractivity (Wildman–Crippen MR) is 49.1 cm³/mol. The first-order valence-electron chi connectivity index (χ1n) is 4.42. The molecule has 0 aromatic carbocycles. The molecule has 1 amide bonds. The third-order valence-electron chi connectivity index (χ3n) is 1.71. The molecule has 0 rings (SSSR count). The Bertz CT molecular complexity index is 143. The van der Waals surface area contributed by atoms with E-state index in [2.05, 4.69) is 12.2 Å². The van der Waals surface area contributed by atoms with Crippen LogP contribution in [0.2, 0.25) is 0 Å². The number of unbranched alkanes of at least 4 members (excludes halogenated alkanes) is 1. The van der Waals surface area contributed by atoms with Crippen LogP contribution in [0.1, 0.15) is 40.0 Å². The highest BCUT2D eigenvalue weighted by Gasteiger charge is 2.20. The molecule has 0 unspecified atom stereocenters. The number of carbonyl (C=O) groups is 1. The van der Waals surface area contributed by atoms with Crippen LogP contribution in [0.15, 0.2) is 0 Å². The summed E-state index contributed by atoms with van der Waals surface area (Å²) in [5.74, 6) is 0. The lowest BCUT2D eigenvalue weighted by atomic mass is 10.0. The number of ether oxygens (including phenoxy) is 1. The zero-order chi connectivity index (χ0) is 9.61. The van der Waals surface area contributed by atoms with Crippen molar-refractivity contribution in [3.8, 4) is 0 Å². The van der Waals surface area contributed by atoms with E-state index in [-0.39, 0.29) is 11.7 Å². The lowest BCUT2D eigenvalue weighted by Gasteiger charge is -2.24. The van der Waals surface area contributed by atoms with E-state index >= 15 is 0 Å². The highest BCUT2D eigenvalue weighted by molar-refractivity contribution is 5.67. The maximum absolute atomic E-state index is 10.9. The highest BCUT2D eigenvalue weighted by atomic mass is 16.6. The number of hydrogen-bond acceptors (Lipinski definition) is 2. The first-order chi connectivity index (χ1) is 5.52. The van der Waals surface area contributed by atoms with Crippen LogP contribution >= 0.6 is 0 Å². The molecule has 0 aromatic rings. The molecule has 0 aromatic heterocycles. The van der Waals surface area contributed by atoms with E-state index in [0.717, 1.165) is 19.3 Å². The Morgan fingerprint density at radius 1 is 1.50 bits per heavy atom. The van der Waals surface area contributed by atoms with E-state index < -0.39 is 0 Å². The van der Waals surface area contributed by atoms with Gasteiger partial charge in [0.25, 0.3) is 0 Å². The number of amides is 1. The van der Waals surface area contributed by atoms with Gasteiger partial charge in [-0.2, -0.15) is 0 Å². The third kappa shape index (κ3) is 4.99. The van der Waals surface area contributed by atoms with Crippen LogP contribution in [0.3, 0.4) is 0 Å². The monoisotopic (exact) mass is 173 g/mol. The van der Waals surface area contributed by atoms with Gasteiger partial charge < -0.3 is 10.1 Å². The lowest BCUT2D eigenvalue weighted by Crippen LogP contribution is -2.32. The van der Waals surface area contributed by atoms with Crippen LogP contribution in [-0.2, 0) is 4.74 Å². The standard InChI is InChI=1S/C9H19NO2/c1-5-6-7-9(2,3)12-8(11)10-4/h5-7H2,1-4H3,(H,10,11). The first-order valence-corrected chi connectivity index (χ1v) is 4.42. The van der Waals surface area contributed by atoms with E-state index in [9.17, 15) is 4.79 Å². The van der Waals surface area contributed by atoms with E-state index in [1.54, 1.807) is 7.05 Å². The molecule has 1 N–H and O–H groups in total. The summed E-state index contributed by atoms with van der Waals surface area (Å²) in [6, 6.07) is 0. The SMILES string of the molecule is CCCCC(C)(C)OC(=O)NC. The van der Waals surface area contributed by atoms with Crippen LogP contribution in [0.5, 0.6) is 0 Å². The minimum Gasteiger partial charge on any atom is -0.444 e. The summed E-state index contributed by atoms with van der Waals surface area (Å²) in [6.07, 6.45) is 2.78. The molecule has 0 bridgehead atoms. The molecule has 0 aliphatic carbocycles. The molecule has 0 saturated carbocycles. The van der Waals surface area contributed by atoms with Crippen molar-refractivity contribution in [2.45, 2.75) is 45.6 Å². The average molecular weight is 173 g/mol. The van der Waals surface area contributed by atoms with Crippen molar-refractivity contribution in [2.24, 2.45) is 0 Å². The quantitative estimate of drug-likeness (QED) is 0.708. The van der Waals surface area contributed by atoms with Crippen LogP contribution < -0.4 is 5.32 Å². The molecule has 3 heteroatoms. The second kappa shape index (κ2) is 5.01. The van der Waals surface area contributed by atoms with E-state index in [1.165, 1.54) is 0 Å². The molecule has 3 nitrogen and oxygen atoms in total. The molecule has 0 aliphatic heterocycles. The van der Waals surface area contributed by atoms with Gasteiger partial charge in [0.05, 0.1) is 0 Å². The van der Waals surface area contributed by atoms with Gasteiger partial charge in [-0.25, -0.2) is 4.79 Å². The second-order valence-corrected chi connectivity index (χ2v) is 3.50. The Balaban J connectivity index is 3.77. The van der Waals surface area contributed by atoms with Gasteiger partial charge >= 0.3 is 6.09 Å². The summed E-state index contributed by atoms with van der Waals surface area (Å²) in [5, 5.41) is 2.44. The highest BCUT2D eigenvalue weighted by Crippen LogP contribution is 2.17. The third-order valence-corrected chi connectivity index (χ3v) is 1.71. The topological polar surface area (TPSA) is 38.3 Å². The van der Waals surface area contributed by atoms with Crippen molar-refractivity contribution >= 4 is 6.09 Å². The first kappa shape index (κ1) is 11.3. The van der Waals surface area contributed by atoms with Crippen LogP contribution in [0.4, 0.5) is 4.79 Å². The molecule has 0 spiro atoms. The summed E-state index contributed by atoms with van der Waals surface area (Å²) >= 11 is 0. The van der Waals surface area contributed by atoms with Gasteiger partial charge in [0.15, 0.2) is 0 Å². The van der Waals surface area contributed by atoms with Gasteiger partial charge in [-0.1, -0.05) is 13.3 Å². The van der Waals surface area contributed by atoms with Gasteiger partial charge in [0, 0.05) is 7.05 Å². The molecule has 12 heavy (non-hydrogen) atoms. The molecular formula is C9H19NO2. The zero-order valence-corrected chi connectivity index (χ0v) is 8.44. The average Bonchev–Trinajstić information content (AvgIpc) is 2.00. The number of carbonyl (C=O) groups excluding carboxylic acids is 1. The Morgan fingerprint density at radius 3 is 2.50 bits per heavy atom. The maximum atomic E-state index is 10.9. The van der Waals surface area contributed by atoms with Gasteiger partial charge in [-0.3, -0.25) is 0 Å². The molecule has 0 heterocycles. The maximum Gasteiger partial charge on any atom is 0.407 e. The largest absolute Gasteiger partial charge is 0.444 e. The van der Waals surface area contributed by atoms with Crippen LogP contribution in [-0.4, -0.2) is 18.7 Å². The normalized spacial score (nSPS) is 11.0. The molecule has 0 radical (unpaired) electrons. The molecule has 0 saturated heterocycles. The molecule has 0 aliphatic rings. The minimum atomic E-state index is -0.351. The lowest BCUT2D eigenvalue weighted by molar-refractivity contribution is 0.0325. The summed E-state index contributed by atoms with van der Waals surface area (Å²) in [4.78, 5) is 10.9. The molecule has 0 fully saturated rings. The van der Waals surface area contributed by atoms with Crippen molar-refractivity contribution in [3.05, 3.63) is 0 Å². The number of hydrogen-bond donors (Lipinski definition) is 1. The van der Waals surface area contributed by atoms with Crippen molar-refractivity contribution < 1.29 is 9.53 Å². The number of rotatable bonds is 4. The molecular weight excluding hydrogens is 154 g/mol. The Kier molecular flexibility index (Phi) is 4.71.